The van der Waals surface area contributed by atoms with Gasteiger partial charge in [0.15, 0.2) is 5.44 Å². The van der Waals surface area contributed by atoms with Crippen molar-refractivity contribution < 1.29 is 17.7 Å². The van der Waals surface area contributed by atoms with Crippen molar-refractivity contribution in [2.45, 2.75) is 122 Å². The molecule has 0 fully saturated rings. The Bertz CT molecular complexity index is 368. The number of hydrogen-bond donors (Lipinski definition) is 1. The van der Waals surface area contributed by atoms with E-state index in [-0.39, 0.29) is 0 Å². The van der Waals surface area contributed by atoms with E-state index in [1.807, 2.05) is 0 Å². The van der Waals surface area contributed by atoms with E-state index in [1.165, 1.54) is 96.8 Å². The number of unbranched alkanes of at least 4 members (excludes halogenated alkanes) is 15. The Morgan fingerprint density at radius 3 is 1.32 bits per heavy atom. The smallest absolute Gasteiger partial charge is 0.291 e. The highest BCUT2D eigenvalue weighted by Gasteiger charge is 2.16. The molecule has 1 atom stereocenters. The molecule has 0 aliphatic rings. The van der Waals surface area contributed by atoms with Gasteiger partial charge in [-0.2, -0.15) is 8.42 Å². The molecule has 0 aromatic heterocycles. The van der Waals surface area contributed by atoms with Gasteiger partial charge in [-0.15, -0.1) is 0 Å². The van der Waals surface area contributed by atoms with Crippen molar-refractivity contribution in [2.75, 3.05) is 6.61 Å². The second kappa shape index (κ2) is 17.3. The van der Waals surface area contributed by atoms with Crippen molar-refractivity contribution in [3.8, 4) is 0 Å². The average molecular weight is 379 g/mol. The van der Waals surface area contributed by atoms with E-state index in [2.05, 4.69) is 6.92 Å². The Morgan fingerprint density at radius 2 is 1.00 bits per heavy atom. The fourth-order valence-corrected chi connectivity index (χ4v) is 3.25. The summed E-state index contributed by atoms with van der Waals surface area (Å²) in [5, 5.41) is 0. The van der Waals surface area contributed by atoms with Gasteiger partial charge in [-0.25, -0.2) is 0 Å². The van der Waals surface area contributed by atoms with Gasteiger partial charge in [-0.1, -0.05) is 103 Å². The maximum absolute atomic E-state index is 10.8. The first-order chi connectivity index (χ1) is 12.0. The fraction of sp³-hybridized carbons (Fsp3) is 1.00. The average Bonchev–Trinajstić information content (AvgIpc) is 2.56. The molecule has 25 heavy (non-hydrogen) atoms. The topological polar surface area (TPSA) is 63.6 Å². The summed E-state index contributed by atoms with van der Waals surface area (Å²) in [4.78, 5) is 0. The van der Waals surface area contributed by atoms with Gasteiger partial charge in [0.25, 0.3) is 10.1 Å². The van der Waals surface area contributed by atoms with Crippen LogP contribution in [0.2, 0.25) is 0 Å². The third-order valence-corrected chi connectivity index (χ3v) is 5.74. The van der Waals surface area contributed by atoms with Gasteiger partial charge >= 0.3 is 0 Å². The summed E-state index contributed by atoms with van der Waals surface area (Å²) >= 11 is 0. The van der Waals surface area contributed by atoms with Gasteiger partial charge in [0.05, 0.1) is 0 Å². The molecule has 0 aliphatic carbocycles. The van der Waals surface area contributed by atoms with Crippen LogP contribution in [0.15, 0.2) is 0 Å². The SMILES string of the molecule is CCCCCCCCCCCCCCCCCCOC(C)S(=O)(=O)O. The quantitative estimate of drug-likeness (QED) is 0.206. The normalized spacial score (nSPS) is 13.2. The van der Waals surface area contributed by atoms with Crippen LogP contribution in [0.5, 0.6) is 0 Å². The minimum absolute atomic E-state index is 0.402. The Labute approximate surface area is 156 Å². The summed E-state index contributed by atoms with van der Waals surface area (Å²) in [5.74, 6) is 0. The second-order valence-electron chi connectivity index (χ2n) is 7.26. The maximum atomic E-state index is 10.8. The molecule has 152 valence electrons. The number of ether oxygens (including phenoxy) is 1. The van der Waals surface area contributed by atoms with Crippen molar-refractivity contribution in [1.29, 1.82) is 0 Å². The Morgan fingerprint density at radius 1 is 0.680 bits per heavy atom. The highest BCUT2D eigenvalue weighted by atomic mass is 32.2. The zero-order valence-corrected chi connectivity index (χ0v) is 17.5. The highest BCUT2D eigenvalue weighted by molar-refractivity contribution is 7.86. The minimum Gasteiger partial charge on any atom is -0.360 e. The van der Waals surface area contributed by atoms with Crippen LogP contribution in [-0.4, -0.2) is 25.0 Å². The van der Waals surface area contributed by atoms with E-state index in [1.54, 1.807) is 0 Å². The van der Waals surface area contributed by atoms with Gasteiger partial charge in [-0.05, 0) is 13.3 Å². The molecule has 4 nitrogen and oxygen atoms in total. The molecule has 0 saturated heterocycles. The Balaban J connectivity index is 3.12. The third-order valence-electron chi connectivity index (χ3n) is 4.77. The summed E-state index contributed by atoms with van der Waals surface area (Å²) in [6, 6.07) is 0. The van der Waals surface area contributed by atoms with E-state index in [4.69, 9.17) is 9.29 Å². The Kier molecular flexibility index (Phi) is 17.2. The van der Waals surface area contributed by atoms with Crippen molar-refractivity contribution in [3.63, 3.8) is 0 Å². The van der Waals surface area contributed by atoms with Crippen LogP contribution >= 0.6 is 0 Å². The monoisotopic (exact) mass is 378 g/mol. The summed E-state index contributed by atoms with van der Waals surface area (Å²) in [5.41, 5.74) is -1.11. The van der Waals surface area contributed by atoms with E-state index in [0.29, 0.717) is 6.61 Å². The largest absolute Gasteiger partial charge is 0.360 e. The zero-order chi connectivity index (χ0) is 18.8. The molecule has 0 rings (SSSR count). The first kappa shape index (κ1) is 24.9. The minimum atomic E-state index is -4.05. The van der Waals surface area contributed by atoms with E-state index < -0.39 is 15.6 Å². The molecule has 0 heterocycles. The van der Waals surface area contributed by atoms with E-state index in [9.17, 15) is 8.42 Å². The number of hydrogen-bond acceptors (Lipinski definition) is 3. The molecule has 0 radical (unpaired) electrons. The second-order valence-corrected chi connectivity index (χ2v) is 8.95. The molecular weight excluding hydrogens is 336 g/mol. The summed E-state index contributed by atoms with van der Waals surface area (Å²) in [6.45, 7) is 4.03. The van der Waals surface area contributed by atoms with Crippen molar-refractivity contribution in [1.82, 2.24) is 0 Å². The predicted molar refractivity (Wildman–Crippen MR) is 107 cm³/mol. The first-order valence-electron chi connectivity index (χ1n) is 10.6. The lowest BCUT2D eigenvalue weighted by atomic mass is 10.0. The van der Waals surface area contributed by atoms with Crippen LogP contribution in [0.25, 0.3) is 0 Å². The van der Waals surface area contributed by atoms with Gasteiger partial charge in [0, 0.05) is 6.61 Å². The van der Waals surface area contributed by atoms with Crippen LogP contribution in [0.3, 0.4) is 0 Å². The molecule has 5 heteroatoms. The van der Waals surface area contributed by atoms with Crippen LogP contribution in [0.1, 0.15) is 117 Å². The van der Waals surface area contributed by atoms with Crippen LogP contribution in [0, 0.1) is 0 Å². The van der Waals surface area contributed by atoms with Gasteiger partial charge in [0.1, 0.15) is 0 Å². The van der Waals surface area contributed by atoms with Gasteiger partial charge < -0.3 is 4.74 Å². The van der Waals surface area contributed by atoms with Gasteiger partial charge in [0.2, 0.25) is 0 Å². The van der Waals surface area contributed by atoms with Gasteiger partial charge in [-0.3, -0.25) is 4.55 Å². The lowest BCUT2D eigenvalue weighted by molar-refractivity contribution is 0.106. The first-order valence-corrected chi connectivity index (χ1v) is 12.1. The highest BCUT2D eigenvalue weighted by Crippen LogP contribution is 2.13. The maximum Gasteiger partial charge on any atom is 0.291 e. The molecule has 1 N–H and O–H groups in total. The lowest BCUT2D eigenvalue weighted by Crippen LogP contribution is -2.20. The van der Waals surface area contributed by atoms with Crippen LogP contribution in [-0.2, 0) is 14.9 Å². The molecule has 1 unspecified atom stereocenters. The number of rotatable bonds is 19. The molecular formula is C20H42O4S. The molecule has 0 amide bonds. The molecule has 0 bridgehead atoms. The standard InChI is InChI=1S/C20H42O4S/c1-3-4-5-6-7-8-9-10-11-12-13-14-15-16-17-18-19-24-20(2)25(21,22)23/h20H,3-19H2,1-2H3,(H,21,22,23). The lowest BCUT2D eigenvalue weighted by Gasteiger charge is -2.09. The van der Waals surface area contributed by atoms with Crippen LogP contribution in [0.4, 0.5) is 0 Å². The van der Waals surface area contributed by atoms with Crippen molar-refractivity contribution in [3.05, 3.63) is 0 Å². The van der Waals surface area contributed by atoms with E-state index >= 15 is 0 Å². The zero-order valence-electron chi connectivity index (χ0n) is 16.7. The summed E-state index contributed by atoms with van der Waals surface area (Å²) in [6.07, 6.45) is 21.0. The Hall–Kier alpha value is -0.130. The third kappa shape index (κ3) is 18.5. The molecule has 0 aliphatic heterocycles. The summed E-state index contributed by atoms with van der Waals surface area (Å²) < 4.78 is 35.4. The summed E-state index contributed by atoms with van der Waals surface area (Å²) in [7, 11) is -4.05. The molecule has 0 saturated carbocycles. The molecule has 0 aromatic rings. The molecule has 0 spiro atoms. The predicted octanol–water partition coefficient (Wildman–Crippen LogP) is 6.50. The fourth-order valence-electron chi connectivity index (χ4n) is 2.99. The van der Waals surface area contributed by atoms with Crippen LogP contribution < -0.4 is 0 Å². The van der Waals surface area contributed by atoms with E-state index in [0.717, 1.165) is 12.8 Å². The molecule has 0 aromatic carbocycles. The van der Waals surface area contributed by atoms with Crippen molar-refractivity contribution >= 4 is 10.1 Å². The van der Waals surface area contributed by atoms with Crippen molar-refractivity contribution in [2.24, 2.45) is 0 Å².